The number of aryl methyl sites for hydroxylation is 1. The van der Waals surface area contributed by atoms with Crippen LogP contribution in [0.3, 0.4) is 0 Å². The van der Waals surface area contributed by atoms with Crippen LogP contribution in [0, 0.1) is 5.92 Å². The number of nitrogens with one attached hydrogen (secondary N) is 1. The van der Waals surface area contributed by atoms with Crippen molar-refractivity contribution in [2.24, 2.45) is 5.92 Å². The second-order valence-electron chi connectivity index (χ2n) is 11.5. The lowest BCUT2D eigenvalue weighted by Crippen LogP contribution is -2.33. The van der Waals surface area contributed by atoms with Crippen molar-refractivity contribution in [1.82, 2.24) is 19.8 Å². The summed E-state index contributed by atoms with van der Waals surface area (Å²) in [5, 5.41) is 3.25. The maximum absolute atomic E-state index is 14.1. The number of thiophene rings is 1. The van der Waals surface area contributed by atoms with Crippen LogP contribution in [-0.4, -0.2) is 57.1 Å². The van der Waals surface area contributed by atoms with Gasteiger partial charge in [-0.05, 0) is 73.3 Å². The number of thioether (sulfide) groups is 1. The molecule has 41 heavy (non-hydrogen) atoms. The fourth-order valence-electron chi connectivity index (χ4n) is 5.87. The number of hydrogen-bond donors (Lipinski definition) is 1. The summed E-state index contributed by atoms with van der Waals surface area (Å²) in [4.78, 5) is 27.8. The Hall–Kier alpha value is -2.63. The molecule has 7 rings (SSSR count). The van der Waals surface area contributed by atoms with E-state index in [1.165, 1.54) is 35.7 Å². The van der Waals surface area contributed by atoms with Gasteiger partial charge in [0.25, 0.3) is 5.91 Å². The van der Waals surface area contributed by atoms with Crippen LogP contribution in [0.25, 0.3) is 10.6 Å². The van der Waals surface area contributed by atoms with Crippen molar-refractivity contribution >= 4 is 40.6 Å². The van der Waals surface area contributed by atoms with Crippen LogP contribution in [0.1, 0.15) is 64.5 Å². The van der Waals surface area contributed by atoms with Crippen LogP contribution in [0.5, 0.6) is 0 Å². The molecule has 0 saturated heterocycles. The maximum atomic E-state index is 14.1. The number of alkyl halides is 3. The zero-order valence-electron chi connectivity index (χ0n) is 22.9. The summed E-state index contributed by atoms with van der Waals surface area (Å²) < 4.78 is 42.4. The summed E-state index contributed by atoms with van der Waals surface area (Å²) in [6.45, 7) is 5.87. The Kier molecular flexibility index (Phi) is 7.02. The average molecular weight is 600 g/mol. The van der Waals surface area contributed by atoms with Gasteiger partial charge in [0.1, 0.15) is 10.4 Å². The van der Waals surface area contributed by atoms with Crippen LogP contribution in [0.15, 0.2) is 29.3 Å². The molecule has 4 heterocycles. The molecule has 3 aromatic rings. The highest BCUT2D eigenvalue weighted by molar-refractivity contribution is 7.99. The third kappa shape index (κ3) is 5.60. The highest BCUT2D eigenvalue weighted by Gasteiger charge is 2.39. The number of aromatic nitrogens is 2. The molecule has 0 bridgehead atoms. The first kappa shape index (κ1) is 27.2. The molecule has 216 valence electrons. The van der Waals surface area contributed by atoms with Gasteiger partial charge in [-0.3, -0.25) is 9.69 Å². The first-order valence-corrected chi connectivity index (χ1v) is 16.2. The smallest absolute Gasteiger partial charge is 0.334 e. The fourth-order valence-corrected chi connectivity index (χ4v) is 8.19. The van der Waals surface area contributed by atoms with E-state index in [2.05, 4.69) is 39.2 Å². The van der Waals surface area contributed by atoms with Crippen molar-refractivity contribution in [2.75, 3.05) is 30.7 Å². The van der Waals surface area contributed by atoms with Crippen LogP contribution < -0.4 is 5.32 Å². The third-order valence-corrected chi connectivity index (χ3v) is 10.7. The Bertz CT molecular complexity index is 1500. The molecule has 1 amide bonds. The Morgan fingerprint density at radius 1 is 1.10 bits per heavy atom. The van der Waals surface area contributed by atoms with E-state index in [1.807, 2.05) is 4.90 Å². The third-order valence-electron chi connectivity index (χ3n) is 8.42. The van der Waals surface area contributed by atoms with Gasteiger partial charge in [-0.25, -0.2) is 9.97 Å². The number of benzene rings is 1. The van der Waals surface area contributed by atoms with Gasteiger partial charge < -0.3 is 10.2 Å². The summed E-state index contributed by atoms with van der Waals surface area (Å²) in [5.41, 5.74) is 3.43. The molecule has 1 aromatic carbocycles. The van der Waals surface area contributed by atoms with Crippen LogP contribution in [-0.2, 0) is 25.6 Å². The molecule has 0 radical (unpaired) electrons. The molecule has 2 saturated carbocycles. The number of hydrogen-bond acceptors (Lipinski definition) is 7. The van der Waals surface area contributed by atoms with Crippen molar-refractivity contribution in [1.29, 1.82) is 0 Å². The lowest BCUT2D eigenvalue weighted by Gasteiger charge is -2.30. The Balaban J connectivity index is 1.20. The second-order valence-corrected chi connectivity index (χ2v) is 13.7. The molecule has 0 atom stereocenters. The van der Waals surface area contributed by atoms with Crippen molar-refractivity contribution in [2.45, 2.75) is 69.1 Å². The average Bonchev–Trinajstić information content (AvgIpc) is 3.88. The van der Waals surface area contributed by atoms with Gasteiger partial charge in [0.2, 0.25) is 5.95 Å². The van der Waals surface area contributed by atoms with Gasteiger partial charge in [-0.15, -0.1) is 23.1 Å². The first-order valence-electron chi connectivity index (χ1n) is 14.4. The standard InChI is InChI=1S/C30H32F3N5OS2/c1-2-18-11-20-16-37(15-17-3-4-17)8-7-19(20)12-23(18)35-29-34-14-22(30(31,32)33)26(36-29)24-13-25-27(41-24)28(39)38(9-10-40-25)21-5-6-21/h11-14,17,21H,2-10,15-16H2,1H3,(H,34,35,36). The number of amides is 1. The van der Waals surface area contributed by atoms with Crippen molar-refractivity contribution < 1.29 is 18.0 Å². The van der Waals surface area contributed by atoms with E-state index in [9.17, 15) is 18.0 Å². The number of carbonyl (C=O) groups excluding carboxylic acids is 1. The second kappa shape index (κ2) is 10.6. The molecule has 2 aromatic heterocycles. The lowest BCUT2D eigenvalue weighted by atomic mass is 9.95. The molecular formula is C30H32F3N5OS2. The highest BCUT2D eigenvalue weighted by atomic mass is 32.2. The molecule has 4 aliphatic rings. The van der Waals surface area contributed by atoms with Crippen LogP contribution >= 0.6 is 23.1 Å². The van der Waals surface area contributed by atoms with E-state index in [4.69, 9.17) is 0 Å². The number of halogens is 3. The topological polar surface area (TPSA) is 61.4 Å². The zero-order valence-corrected chi connectivity index (χ0v) is 24.5. The quantitative estimate of drug-likeness (QED) is 0.315. The summed E-state index contributed by atoms with van der Waals surface area (Å²) in [6.07, 6.45) is 2.62. The van der Waals surface area contributed by atoms with E-state index in [-0.39, 0.29) is 23.6 Å². The minimum absolute atomic E-state index is 0.0814. The molecule has 0 unspecified atom stereocenters. The monoisotopic (exact) mass is 599 g/mol. The van der Waals surface area contributed by atoms with Gasteiger partial charge in [-0.2, -0.15) is 13.2 Å². The van der Waals surface area contributed by atoms with Crippen molar-refractivity contribution in [3.63, 3.8) is 0 Å². The summed E-state index contributed by atoms with van der Waals surface area (Å²) in [5.74, 6) is 1.62. The van der Waals surface area contributed by atoms with Crippen LogP contribution in [0.4, 0.5) is 24.8 Å². The lowest BCUT2D eigenvalue weighted by molar-refractivity contribution is -0.137. The van der Waals surface area contributed by atoms with E-state index >= 15 is 0 Å². The first-order chi connectivity index (χ1) is 19.8. The molecule has 0 spiro atoms. The maximum Gasteiger partial charge on any atom is 0.420 e. The van der Waals surface area contributed by atoms with Gasteiger partial charge in [0, 0.05) is 54.8 Å². The Morgan fingerprint density at radius 2 is 1.93 bits per heavy atom. The number of fused-ring (bicyclic) bond motifs is 2. The van der Waals surface area contributed by atoms with Gasteiger partial charge in [0.15, 0.2) is 0 Å². The van der Waals surface area contributed by atoms with E-state index in [0.717, 1.165) is 90.7 Å². The Labute approximate surface area is 245 Å². The molecule has 1 N–H and O–H groups in total. The van der Waals surface area contributed by atoms with E-state index < -0.39 is 11.7 Å². The van der Waals surface area contributed by atoms with Gasteiger partial charge >= 0.3 is 6.18 Å². The number of anilines is 2. The number of carbonyl (C=O) groups is 1. The molecule has 6 nitrogen and oxygen atoms in total. The predicted molar refractivity (Wildman–Crippen MR) is 156 cm³/mol. The predicted octanol–water partition coefficient (Wildman–Crippen LogP) is 7.01. The normalized spacial score (nSPS) is 19.6. The fraction of sp³-hybridized carbons (Fsp3) is 0.500. The molecule has 2 aliphatic carbocycles. The SMILES string of the molecule is CCc1cc2c(cc1Nc1ncc(C(F)(F)F)c(-c3cc4c(s3)C(=O)N(C3CC3)CCS4)n1)CCN(CC1CC1)C2. The minimum atomic E-state index is -4.63. The molecule has 2 fully saturated rings. The summed E-state index contributed by atoms with van der Waals surface area (Å²) >= 11 is 2.63. The molecular weight excluding hydrogens is 567 g/mol. The van der Waals surface area contributed by atoms with Crippen molar-refractivity contribution in [3.8, 4) is 10.6 Å². The van der Waals surface area contributed by atoms with Gasteiger partial charge in [0.05, 0.1) is 10.6 Å². The number of rotatable bonds is 7. The minimum Gasteiger partial charge on any atom is -0.334 e. The van der Waals surface area contributed by atoms with Crippen molar-refractivity contribution in [3.05, 3.63) is 51.5 Å². The summed E-state index contributed by atoms with van der Waals surface area (Å²) in [7, 11) is 0. The molecule has 11 heteroatoms. The van der Waals surface area contributed by atoms with Gasteiger partial charge in [-0.1, -0.05) is 13.0 Å². The summed E-state index contributed by atoms with van der Waals surface area (Å²) in [6, 6.07) is 6.31. The highest BCUT2D eigenvalue weighted by Crippen LogP contribution is 2.44. The number of nitrogens with zero attached hydrogens (tertiary/aromatic N) is 4. The molecule has 2 aliphatic heterocycles. The largest absolute Gasteiger partial charge is 0.420 e. The Morgan fingerprint density at radius 3 is 2.66 bits per heavy atom. The van der Waals surface area contributed by atoms with E-state index in [0.29, 0.717) is 16.3 Å². The van der Waals surface area contributed by atoms with Crippen LogP contribution in [0.2, 0.25) is 0 Å². The zero-order chi connectivity index (χ0) is 28.3. The van der Waals surface area contributed by atoms with E-state index in [1.54, 1.807) is 6.07 Å².